The molecule has 0 aliphatic heterocycles. The molecule has 0 aromatic heterocycles. The van der Waals surface area contributed by atoms with Crippen molar-refractivity contribution in [2.24, 2.45) is 0 Å². The van der Waals surface area contributed by atoms with Crippen LogP contribution < -0.4 is 10.1 Å². The molecule has 0 aliphatic rings. The third kappa shape index (κ3) is 5.99. The standard InChI is InChI=1S/C13H21NO.ClH/c1-3-10-14-11-4-5-12-6-8-13(15-2)9-7-12;/h6-9,14H,3-5,10-11H2,1-2H3;1H. The Morgan fingerprint density at radius 3 is 2.38 bits per heavy atom. The van der Waals surface area contributed by atoms with Gasteiger partial charge in [0.05, 0.1) is 7.11 Å². The minimum Gasteiger partial charge on any atom is -0.497 e. The van der Waals surface area contributed by atoms with Crippen LogP contribution in [0.5, 0.6) is 5.75 Å². The first kappa shape index (κ1) is 15.3. The number of halogens is 1. The highest BCUT2D eigenvalue weighted by Crippen LogP contribution is 2.12. The second-order valence-corrected chi connectivity index (χ2v) is 3.70. The molecular formula is C13H22ClNO. The molecule has 0 saturated carbocycles. The molecule has 1 aromatic carbocycles. The monoisotopic (exact) mass is 243 g/mol. The molecule has 0 bridgehead atoms. The zero-order valence-electron chi connectivity index (χ0n) is 10.2. The van der Waals surface area contributed by atoms with Crippen LogP contribution in [0.1, 0.15) is 25.3 Å². The first-order valence-corrected chi connectivity index (χ1v) is 5.70. The number of aryl methyl sites for hydroxylation is 1. The zero-order chi connectivity index (χ0) is 10.9. The van der Waals surface area contributed by atoms with Crippen molar-refractivity contribution >= 4 is 12.4 Å². The summed E-state index contributed by atoms with van der Waals surface area (Å²) in [6.07, 6.45) is 3.55. The Hall–Kier alpha value is -0.730. The Labute approximate surface area is 105 Å². The maximum Gasteiger partial charge on any atom is 0.118 e. The largest absolute Gasteiger partial charge is 0.497 e. The molecule has 0 atom stereocenters. The van der Waals surface area contributed by atoms with Crippen LogP contribution in [0.3, 0.4) is 0 Å². The molecule has 2 nitrogen and oxygen atoms in total. The van der Waals surface area contributed by atoms with Gasteiger partial charge in [-0.25, -0.2) is 0 Å². The van der Waals surface area contributed by atoms with Crippen molar-refractivity contribution in [3.8, 4) is 5.75 Å². The van der Waals surface area contributed by atoms with Crippen LogP contribution in [0.15, 0.2) is 24.3 Å². The maximum absolute atomic E-state index is 5.11. The molecule has 1 rings (SSSR count). The van der Waals surface area contributed by atoms with E-state index in [9.17, 15) is 0 Å². The Balaban J connectivity index is 0.00000225. The van der Waals surface area contributed by atoms with Gasteiger partial charge in [-0.05, 0) is 50.0 Å². The van der Waals surface area contributed by atoms with E-state index in [2.05, 4.69) is 24.4 Å². The molecule has 1 aromatic rings. The molecule has 0 saturated heterocycles. The summed E-state index contributed by atoms with van der Waals surface area (Å²) < 4.78 is 5.11. The fraction of sp³-hybridized carbons (Fsp3) is 0.538. The molecule has 0 fully saturated rings. The molecule has 0 radical (unpaired) electrons. The van der Waals surface area contributed by atoms with Gasteiger partial charge in [-0.15, -0.1) is 12.4 Å². The topological polar surface area (TPSA) is 21.3 Å². The molecule has 1 N–H and O–H groups in total. The van der Waals surface area contributed by atoms with Crippen LogP contribution in [0.25, 0.3) is 0 Å². The Morgan fingerprint density at radius 1 is 1.12 bits per heavy atom. The fourth-order valence-corrected chi connectivity index (χ4v) is 1.51. The number of rotatable bonds is 7. The summed E-state index contributed by atoms with van der Waals surface area (Å²) >= 11 is 0. The van der Waals surface area contributed by atoms with E-state index in [1.807, 2.05) is 12.1 Å². The molecule has 92 valence electrons. The quantitative estimate of drug-likeness (QED) is 0.744. The van der Waals surface area contributed by atoms with E-state index in [0.29, 0.717) is 0 Å². The van der Waals surface area contributed by atoms with Crippen LogP contribution >= 0.6 is 12.4 Å². The van der Waals surface area contributed by atoms with Gasteiger partial charge >= 0.3 is 0 Å². The summed E-state index contributed by atoms with van der Waals surface area (Å²) in [4.78, 5) is 0. The van der Waals surface area contributed by atoms with Gasteiger partial charge in [0.15, 0.2) is 0 Å². The second-order valence-electron chi connectivity index (χ2n) is 3.70. The number of hydrogen-bond donors (Lipinski definition) is 1. The minimum atomic E-state index is 0. The van der Waals surface area contributed by atoms with Crippen molar-refractivity contribution in [1.82, 2.24) is 5.32 Å². The lowest BCUT2D eigenvalue weighted by molar-refractivity contribution is 0.414. The van der Waals surface area contributed by atoms with Gasteiger partial charge in [0, 0.05) is 0 Å². The summed E-state index contributed by atoms with van der Waals surface area (Å²) in [5, 5.41) is 3.40. The van der Waals surface area contributed by atoms with Gasteiger partial charge < -0.3 is 10.1 Å². The van der Waals surface area contributed by atoms with Crippen LogP contribution in [0.2, 0.25) is 0 Å². The molecule has 0 unspecified atom stereocenters. The average Bonchev–Trinajstić information content (AvgIpc) is 2.30. The van der Waals surface area contributed by atoms with Gasteiger partial charge in [-0.2, -0.15) is 0 Å². The Kier molecular flexibility index (Phi) is 9.06. The van der Waals surface area contributed by atoms with Gasteiger partial charge in [-0.1, -0.05) is 19.1 Å². The summed E-state index contributed by atoms with van der Waals surface area (Å²) in [5.41, 5.74) is 1.38. The highest BCUT2D eigenvalue weighted by molar-refractivity contribution is 5.85. The van der Waals surface area contributed by atoms with Crippen molar-refractivity contribution in [2.45, 2.75) is 26.2 Å². The lowest BCUT2D eigenvalue weighted by Crippen LogP contribution is -2.16. The maximum atomic E-state index is 5.11. The summed E-state index contributed by atoms with van der Waals surface area (Å²) in [7, 11) is 1.70. The third-order valence-corrected chi connectivity index (χ3v) is 2.40. The molecule has 16 heavy (non-hydrogen) atoms. The number of methoxy groups -OCH3 is 1. The van der Waals surface area contributed by atoms with E-state index in [-0.39, 0.29) is 12.4 Å². The van der Waals surface area contributed by atoms with Crippen molar-refractivity contribution in [3.05, 3.63) is 29.8 Å². The highest BCUT2D eigenvalue weighted by atomic mass is 35.5. The summed E-state index contributed by atoms with van der Waals surface area (Å²) in [5.74, 6) is 0.933. The van der Waals surface area contributed by atoms with Crippen molar-refractivity contribution in [2.75, 3.05) is 20.2 Å². The fourth-order valence-electron chi connectivity index (χ4n) is 1.51. The molecule has 0 amide bonds. The predicted molar refractivity (Wildman–Crippen MR) is 71.7 cm³/mol. The smallest absolute Gasteiger partial charge is 0.118 e. The average molecular weight is 244 g/mol. The van der Waals surface area contributed by atoms with Crippen molar-refractivity contribution in [3.63, 3.8) is 0 Å². The van der Waals surface area contributed by atoms with Crippen molar-refractivity contribution in [1.29, 1.82) is 0 Å². The molecule has 0 heterocycles. The number of benzene rings is 1. The van der Waals surface area contributed by atoms with Crippen LogP contribution in [-0.2, 0) is 6.42 Å². The molecular weight excluding hydrogens is 222 g/mol. The first-order chi connectivity index (χ1) is 7.36. The highest BCUT2D eigenvalue weighted by Gasteiger charge is 1.94. The van der Waals surface area contributed by atoms with Gasteiger partial charge in [0.25, 0.3) is 0 Å². The number of nitrogens with one attached hydrogen (secondary N) is 1. The summed E-state index contributed by atoms with van der Waals surface area (Å²) in [6, 6.07) is 8.32. The van der Waals surface area contributed by atoms with E-state index >= 15 is 0 Å². The van der Waals surface area contributed by atoms with Gasteiger partial charge in [-0.3, -0.25) is 0 Å². The SMILES string of the molecule is CCCNCCCc1ccc(OC)cc1.Cl. The minimum absolute atomic E-state index is 0. The Morgan fingerprint density at radius 2 is 1.81 bits per heavy atom. The predicted octanol–water partition coefficient (Wildman–Crippen LogP) is 3.05. The van der Waals surface area contributed by atoms with Crippen LogP contribution in [-0.4, -0.2) is 20.2 Å². The lowest BCUT2D eigenvalue weighted by Gasteiger charge is -2.04. The first-order valence-electron chi connectivity index (χ1n) is 5.70. The molecule has 3 heteroatoms. The second kappa shape index (κ2) is 9.49. The van der Waals surface area contributed by atoms with E-state index < -0.39 is 0 Å². The van der Waals surface area contributed by atoms with E-state index in [1.54, 1.807) is 7.11 Å². The summed E-state index contributed by atoms with van der Waals surface area (Å²) in [6.45, 7) is 4.43. The normalized spacial score (nSPS) is 9.62. The van der Waals surface area contributed by atoms with Gasteiger partial charge in [0.1, 0.15) is 5.75 Å². The van der Waals surface area contributed by atoms with E-state index in [1.165, 1.54) is 18.4 Å². The van der Waals surface area contributed by atoms with Gasteiger partial charge in [0.2, 0.25) is 0 Å². The molecule has 0 spiro atoms. The van der Waals surface area contributed by atoms with Crippen molar-refractivity contribution < 1.29 is 4.74 Å². The lowest BCUT2D eigenvalue weighted by atomic mass is 10.1. The van der Waals surface area contributed by atoms with Crippen LogP contribution in [0.4, 0.5) is 0 Å². The van der Waals surface area contributed by atoms with Crippen LogP contribution in [0, 0.1) is 0 Å². The molecule has 0 aliphatic carbocycles. The van der Waals surface area contributed by atoms with E-state index in [4.69, 9.17) is 4.74 Å². The number of ether oxygens (including phenoxy) is 1. The number of hydrogen-bond acceptors (Lipinski definition) is 2. The van der Waals surface area contributed by atoms with E-state index in [0.717, 1.165) is 25.3 Å². The Bertz CT molecular complexity index is 261. The zero-order valence-corrected chi connectivity index (χ0v) is 11.0. The third-order valence-electron chi connectivity index (χ3n) is 2.40.